The quantitative estimate of drug-likeness (QED) is 0.854. The molecular weight excluding hydrogens is 278 g/mol. The van der Waals surface area contributed by atoms with Crippen LogP contribution in [0.3, 0.4) is 0 Å². The van der Waals surface area contributed by atoms with Crippen LogP contribution in [0.5, 0.6) is 5.75 Å². The number of benzene rings is 1. The van der Waals surface area contributed by atoms with Gasteiger partial charge in [0, 0.05) is 19.2 Å². The molecule has 4 nitrogen and oxygen atoms in total. The second-order valence-electron chi connectivity index (χ2n) is 5.96. The van der Waals surface area contributed by atoms with E-state index in [1.807, 2.05) is 18.2 Å². The molecule has 1 aromatic heterocycles. The van der Waals surface area contributed by atoms with Gasteiger partial charge in [0.05, 0.1) is 6.54 Å². The third-order valence-electron chi connectivity index (χ3n) is 3.43. The van der Waals surface area contributed by atoms with Crippen molar-refractivity contribution in [3.8, 4) is 5.75 Å². The zero-order valence-electron chi connectivity index (χ0n) is 13.2. The van der Waals surface area contributed by atoms with Crippen LogP contribution in [0, 0.1) is 5.92 Å². The van der Waals surface area contributed by atoms with E-state index >= 15 is 0 Å². The Balaban J connectivity index is 2.02. The van der Waals surface area contributed by atoms with Gasteiger partial charge in [-0.05, 0) is 17.9 Å². The van der Waals surface area contributed by atoms with Crippen molar-refractivity contribution in [1.82, 2.24) is 4.90 Å². The first kappa shape index (κ1) is 16.3. The lowest BCUT2D eigenvalue weighted by Gasteiger charge is -2.23. The Morgan fingerprint density at radius 3 is 2.59 bits per heavy atom. The fourth-order valence-electron chi connectivity index (χ4n) is 2.43. The van der Waals surface area contributed by atoms with Crippen molar-refractivity contribution < 1.29 is 9.52 Å². The van der Waals surface area contributed by atoms with E-state index in [2.05, 4.69) is 30.9 Å². The van der Waals surface area contributed by atoms with Crippen LogP contribution in [-0.4, -0.2) is 23.1 Å². The lowest BCUT2D eigenvalue weighted by atomic mass is 10.1. The molecule has 0 bridgehead atoms. The van der Waals surface area contributed by atoms with Crippen LogP contribution in [0.4, 0.5) is 0 Å². The van der Waals surface area contributed by atoms with Gasteiger partial charge in [-0.15, -0.1) is 0 Å². The first-order chi connectivity index (χ1) is 10.5. The minimum Gasteiger partial charge on any atom is -0.502 e. The van der Waals surface area contributed by atoms with Gasteiger partial charge in [-0.1, -0.05) is 44.2 Å². The molecule has 2 aromatic rings. The van der Waals surface area contributed by atoms with Crippen LogP contribution in [0.25, 0.3) is 0 Å². The molecule has 0 amide bonds. The largest absolute Gasteiger partial charge is 0.502 e. The summed E-state index contributed by atoms with van der Waals surface area (Å²) >= 11 is 0. The van der Waals surface area contributed by atoms with Crippen molar-refractivity contribution in [1.29, 1.82) is 0 Å². The fraction of sp³-hybridized carbons (Fsp3) is 0.389. The Kier molecular flexibility index (Phi) is 5.78. The molecule has 0 fully saturated rings. The summed E-state index contributed by atoms with van der Waals surface area (Å²) < 4.78 is 5.31. The van der Waals surface area contributed by atoms with Gasteiger partial charge in [0.25, 0.3) is 0 Å². The Labute approximate surface area is 131 Å². The summed E-state index contributed by atoms with van der Waals surface area (Å²) in [6.07, 6.45) is 2.07. The molecule has 0 saturated carbocycles. The number of hydrogen-bond acceptors (Lipinski definition) is 4. The topological polar surface area (TPSA) is 53.7 Å². The van der Waals surface area contributed by atoms with E-state index in [1.54, 1.807) is 0 Å². The van der Waals surface area contributed by atoms with Gasteiger partial charge >= 0.3 is 0 Å². The monoisotopic (exact) mass is 301 g/mol. The molecule has 1 N–H and O–H groups in total. The Hall–Kier alpha value is -2.07. The normalized spacial score (nSPS) is 11.3. The lowest BCUT2D eigenvalue weighted by Crippen LogP contribution is -2.29. The van der Waals surface area contributed by atoms with Crippen LogP contribution >= 0.6 is 0 Å². The van der Waals surface area contributed by atoms with Gasteiger partial charge in [-0.25, -0.2) is 0 Å². The van der Waals surface area contributed by atoms with Crippen molar-refractivity contribution in [3.63, 3.8) is 0 Å². The van der Waals surface area contributed by atoms with E-state index < -0.39 is 5.43 Å². The molecule has 22 heavy (non-hydrogen) atoms. The van der Waals surface area contributed by atoms with Crippen LogP contribution < -0.4 is 5.43 Å². The molecule has 0 spiro atoms. The van der Waals surface area contributed by atoms with Crippen LogP contribution in [-0.2, 0) is 13.0 Å². The van der Waals surface area contributed by atoms with Gasteiger partial charge in [0.15, 0.2) is 5.75 Å². The summed E-state index contributed by atoms with van der Waals surface area (Å²) in [6, 6.07) is 11.7. The van der Waals surface area contributed by atoms with Crippen molar-refractivity contribution in [2.24, 2.45) is 5.92 Å². The molecule has 0 aliphatic carbocycles. The molecule has 118 valence electrons. The van der Waals surface area contributed by atoms with E-state index in [1.165, 1.54) is 11.6 Å². The standard InChI is InChI=1S/C18H23NO3/c1-14(2)11-19(9-8-15-6-4-3-5-7-15)12-16-10-17(20)18(21)13-22-16/h3-7,10,13-14,21H,8-9,11-12H2,1-2H3. The SMILES string of the molecule is CC(C)CN(CCc1ccccc1)Cc1cc(=O)c(O)co1. The molecule has 1 heterocycles. The summed E-state index contributed by atoms with van der Waals surface area (Å²) in [5.74, 6) is 0.763. The molecule has 0 aliphatic rings. The van der Waals surface area contributed by atoms with Crippen molar-refractivity contribution in [2.75, 3.05) is 13.1 Å². The summed E-state index contributed by atoms with van der Waals surface area (Å²) in [7, 11) is 0. The molecule has 1 aromatic carbocycles. The smallest absolute Gasteiger partial charge is 0.226 e. The predicted octanol–water partition coefficient (Wildman–Crippen LogP) is 3.05. The summed E-state index contributed by atoms with van der Waals surface area (Å²) in [5.41, 5.74) is 0.900. The van der Waals surface area contributed by atoms with Crippen LogP contribution in [0.1, 0.15) is 25.2 Å². The maximum atomic E-state index is 11.5. The molecule has 0 atom stereocenters. The minimum atomic E-state index is -0.395. The van der Waals surface area contributed by atoms with Gasteiger partial charge in [-0.3, -0.25) is 9.69 Å². The predicted molar refractivity (Wildman–Crippen MR) is 86.9 cm³/mol. The Morgan fingerprint density at radius 2 is 1.95 bits per heavy atom. The zero-order chi connectivity index (χ0) is 15.9. The number of rotatable bonds is 7. The van der Waals surface area contributed by atoms with E-state index in [4.69, 9.17) is 4.42 Å². The summed E-state index contributed by atoms with van der Waals surface area (Å²) in [4.78, 5) is 13.8. The third-order valence-corrected chi connectivity index (χ3v) is 3.43. The molecule has 0 saturated heterocycles. The van der Waals surface area contributed by atoms with Crippen molar-refractivity contribution in [3.05, 3.63) is 64.2 Å². The number of aromatic hydroxyl groups is 1. The first-order valence-electron chi connectivity index (χ1n) is 7.61. The lowest BCUT2D eigenvalue weighted by molar-refractivity contribution is 0.218. The van der Waals surface area contributed by atoms with Crippen molar-refractivity contribution in [2.45, 2.75) is 26.8 Å². The van der Waals surface area contributed by atoms with E-state index in [0.717, 1.165) is 25.8 Å². The second kappa shape index (κ2) is 7.80. The highest BCUT2D eigenvalue weighted by molar-refractivity contribution is 5.16. The zero-order valence-corrected chi connectivity index (χ0v) is 13.2. The van der Waals surface area contributed by atoms with Gasteiger partial charge < -0.3 is 9.52 Å². The summed E-state index contributed by atoms with van der Waals surface area (Å²) in [6.45, 7) is 6.73. The number of hydrogen-bond donors (Lipinski definition) is 1. The van der Waals surface area contributed by atoms with E-state index in [-0.39, 0.29) is 5.75 Å². The van der Waals surface area contributed by atoms with Gasteiger partial charge in [0.1, 0.15) is 12.0 Å². The van der Waals surface area contributed by atoms with Crippen LogP contribution in [0.2, 0.25) is 0 Å². The van der Waals surface area contributed by atoms with Crippen molar-refractivity contribution >= 4 is 0 Å². The Bertz CT molecular complexity index is 634. The average molecular weight is 301 g/mol. The summed E-state index contributed by atoms with van der Waals surface area (Å²) in [5, 5.41) is 9.26. The molecule has 0 unspecified atom stereocenters. The highest BCUT2D eigenvalue weighted by Gasteiger charge is 2.11. The maximum absolute atomic E-state index is 11.5. The third kappa shape index (κ3) is 5.04. The molecule has 2 rings (SSSR count). The molecule has 0 aliphatic heterocycles. The minimum absolute atomic E-state index is 0.344. The highest BCUT2D eigenvalue weighted by atomic mass is 16.4. The molecule has 0 radical (unpaired) electrons. The maximum Gasteiger partial charge on any atom is 0.226 e. The average Bonchev–Trinajstić information content (AvgIpc) is 2.49. The number of nitrogens with zero attached hydrogens (tertiary/aromatic N) is 1. The van der Waals surface area contributed by atoms with E-state index in [0.29, 0.717) is 18.2 Å². The van der Waals surface area contributed by atoms with E-state index in [9.17, 15) is 9.90 Å². The van der Waals surface area contributed by atoms with Gasteiger partial charge in [0.2, 0.25) is 5.43 Å². The second-order valence-corrected chi connectivity index (χ2v) is 5.96. The van der Waals surface area contributed by atoms with Crippen LogP contribution in [0.15, 0.2) is 51.9 Å². The Morgan fingerprint density at radius 1 is 1.23 bits per heavy atom. The van der Waals surface area contributed by atoms with Gasteiger partial charge in [-0.2, -0.15) is 0 Å². The highest BCUT2D eigenvalue weighted by Crippen LogP contribution is 2.10. The first-order valence-corrected chi connectivity index (χ1v) is 7.61. The molecule has 4 heteroatoms. The molecular formula is C18H23NO3. The fourth-order valence-corrected chi connectivity index (χ4v) is 2.43.